The molecule has 0 aromatic heterocycles. The van der Waals surface area contributed by atoms with E-state index in [0.717, 1.165) is 0 Å². The van der Waals surface area contributed by atoms with Crippen molar-refractivity contribution < 1.29 is 5.11 Å². The van der Waals surface area contributed by atoms with Crippen molar-refractivity contribution >= 4 is 0 Å². The minimum atomic E-state index is -0.0116. The van der Waals surface area contributed by atoms with Crippen LogP contribution < -0.4 is 5.73 Å². The molecule has 3 N–H and O–H groups in total. The predicted octanol–water partition coefficient (Wildman–Crippen LogP) is 2.28. The van der Waals surface area contributed by atoms with E-state index in [1.54, 1.807) is 6.92 Å². The second-order valence-corrected chi connectivity index (χ2v) is 1.78. The zero-order valence-corrected chi connectivity index (χ0v) is 6.93. The lowest BCUT2D eigenvalue weighted by atomic mass is 10.2. The fraction of sp³-hybridized carbons (Fsp3) is 0.111. The summed E-state index contributed by atoms with van der Waals surface area (Å²) >= 11 is 0. The van der Waals surface area contributed by atoms with E-state index in [0.29, 0.717) is 11.3 Å². The smallest absolute Gasteiger partial charge is 0.138 e. The van der Waals surface area contributed by atoms with Crippen molar-refractivity contribution in [2.75, 3.05) is 0 Å². The molecule has 0 unspecified atom stereocenters. The van der Waals surface area contributed by atoms with Crippen molar-refractivity contribution in [3.63, 3.8) is 0 Å². The Kier molecular flexibility index (Phi) is 7.44. The third kappa shape index (κ3) is 5.03. The fourth-order valence-electron chi connectivity index (χ4n) is 0.329. The van der Waals surface area contributed by atoms with E-state index in [4.69, 9.17) is 10.8 Å². The Labute approximate surface area is 68.0 Å². The first-order valence-electron chi connectivity index (χ1n) is 3.06. The van der Waals surface area contributed by atoms with Gasteiger partial charge in [0.25, 0.3) is 0 Å². The lowest BCUT2D eigenvalue weighted by molar-refractivity contribution is 0.426. The summed E-state index contributed by atoms with van der Waals surface area (Å²) in [6.45, 7) is 14.6. The second-order valence-electron chi connectivity index (χ2n) is 1.78. The topological polar surface area (TPSA) is 46.2 Å². The van der Waals surface area contributed by atoms with Gasteiger partial charge in [0.05, 0.1) is 5.70 Å². The molecule has 0 aliphatic carbocycles. The normalized spacial score (nSPS) is 10.3. The molecule has 0 amide bonds. The maximum Gasteiger partial charge on any atom is 0.138 e. The standard InChI is InChI=1S/C7H11NO.C2H4/c1-4-6(9)7(8)5(2)3;1-2/h4,9H,1-2,8H2,3H3;1-2H2/b7-6-;. The van der Waals surface area contributed by atoms with Crippen molar-refractivity contribution in [1.82, 2.24) is 0 Å². The van der Waals surface area contributed by atoms with Gasteiger partial charge in [-0.1, -0.05) is 13.2 Å². The lowest BCUT2D eigenvalue weighted by Crippen LogP contribution is -2.01. The number of hydrogen-bond donors (Lipinski definition) is 2. The first-order chi connectivity index (χ1) is 5.09. The van der Waals surface area contributed by atoms with Crippen LogP contribution in [0.25, 0.3) is 0 Å². The maximum absolute atomic E-state index is 8.87. The highest BCUT2D eigenvalue weighted by molar-refractivity contribution is 5.29. The van der Waals surface area contributed by atoms with Gasteiger partial charge >= 0.3 is 0 Å². The van der Waals surface area contributed by atoms with Crippen LogP contribution in [0.2, 0.25) is 0 Å². The van der Waals surface area contributed by atoms with Crippen LogP contribution in [0.5, 0.6) is 0 Å². The molecule has 0 saturated heterocycles. The van der Waals surface area contributed by atoms with Crippen LogP contribution in [0.1, 0.15) is 6.92 Å². The summed E-state index contributed by atoms with van der Waals surface area (Å²) in [7, 11) is 0. The van der Waals surface area contributed by atoms with Crippen LogP contribution in [0.15, 0.2) is 49.4 Å². The largest absolute Gasteiger partial charge is 0.506 e. The van der Waals surface area contributed by atoms with Gasteiger partial charge in [-0.15, -0.1) is 13.2 Å². The SMILES string of the molecule is C=C.C=C/C(O)=C(/N)C(=C)C. The number of aliphatic hydroxyl groups is 1. The number of allylic oxidation sites excluding steroid dienone is 2. The molecule has 2 heteroatoms. The van der Waals surface area contributed by atoms with Crippen molar-refractivity contribution in [3.05, 3.63) is 49.4 Å². The van der Waals surface area contributed by atoms with Crippen LogP contribution in [0.3, 0.4) is 0 Å². The molecule has 0 aliphatic rings. The first kappa shape index (κ1) is 12.3. The van der Waals surface area contributed by atoms with Gasteiger partial charge in [-0.25, -0.2) is 0 Å². The Morgan fingerprint density at radius 3 is 1.91 bits per heavy atom. The van der Waals surface area contributed by atoms with Gasteiger partial charge in [-0.05, 0) is 18.6 Å². The Bertz CT molecular complexity index is 180. The van der Waals surface area contributed by atoms with E-state index in [9.17, 15) is 0 Å². The van der Waals surface area contributed by atoms with Gasteiger partial charge in [0, 0.05) is 0 Å². The van der Waals surface area contributed by atoms with E-state index < -0.39 is 0 Å². The summed E-state index contributed by atoms with van der Waals surface area (Å²) in [6, 6.07) is 0. The van der Waals surface area contributed by atoms with E-state index in [-0.39, 0.29) is 5.76 Å². The van der Waals surface area contributed by atoms with Crippen molar-refractivity contribution in [1.29, 1.82) is 0 Å². The number of aliphatic hydroxyl groups excluding tert-OH is 1. The molecule has 0 fully saturated rings. The van der Waals surface area contributed by atoms with Gasteiger partial charge < -0.3 is 10.8 Å². The molecular formula is C9H15NO. The minimum Gasteiger partial charge on any atom is -0.506 e. The van der Waals surface area contributed by atoms with E-state index in [1.807, 2.05) is 0 Å². The number of nitrogens with two attached hydrogens (primary N) is 1. The van der Waals surface area contributed by atoms with Gasteiger partial charge in [0.15, 0.2) is 0 Å². The molecule has 0 aromatic rings. The molecule has 0 bridgehead atoms. The number of rotatable bonds is 2. The third-order valence-corrected chi connectivity index (χ3v) is 0.929. The van der Waals surface area contributed by atoms with E-state index in [1.165, 1.54) is 6.08 Å². The molecule has 0 atom stereocenters. The molecular weight excluding hydrogens is 138 g/mol. The Morgan fingerprint density at radius 2 is 1.82 bits per heavy atom. The zero-order valence-electron chi connectivity index (χ0n) is 6.93. The molecule has 0 heterocycles. The highest BCUT2D eigenvalue weighted by atomic mass is 16.3. The molecule has 0 radical (unpaired) electrons. The average molecular weight is 153 g/mol. The second kappa shape index (κ2) is 6.68. The molecule has 0 aromatic carbocycles. The van der Waals surface area contributed by atoms with Crippen LogP contribution in [-0.4, -0.2) is 5.11 Å². The summed E-state index contributed by atoms with van der Waals surface area (Å²) < 4.78 is 0. The molecule has 62 valence electrons. The molecule has 0 saturated carbocycles. The zero-order chi connectivity index (χ0) is 9.44. The maximum atomic E-state index is 8.87. The van der Waals surface area contributed by atoms with E-state index in [2.05, 4.69) is 26.3 Å². The Morgan fingerprint density at radius 1 is 1.45 bits per heavy atom. The number of hydrogen-bond acceptors (Lipinski definition) is 2. The van der Waals surface area contributed by atoms with Crippen molar-refractivity contribution in [3.8, 4) is 0 Å². The van der Waals surface area contributed by atoms with E-state index >= 15 is 0 Å². The van der Waals surface area contributed by atoms with Gasteiger partial charge in [0.2, 0.25) is 0 Å². The molecule has 2 nitrogen and oxygen atoms in total. The Balaban J connectivity index is 0. The first-order valence-corrected chi connectivity index (χ1v) is 3.06. The quantitative estimate of drug-likeness (QED) is 0.363. The van der Waals surface area contributed by atoms with Crippen LogP contribution in [0, 0.1) is 0 Å². The molecule has 0 aliphatic heterocycles. The summed E-state index contributed by atoms with van der Waals surface area (Å²) in [6.07, 6.45) is 1.28. The molecule has 0 rings (SSSR count). The monoisotopic (exact) mass is 153 g/mol. The summed E-state index contributed by atoms with van der Waals surface area (Å²) in [5.41, 5.74) is 6.27. The molecule has 11 heavy (non-hydrogen) atoms. The van der Waals surface area contributed by atoms with Crippen LogP contribution in [0.4, 0.5) is 0 Å². The van der Waals surface area contributed by atoms with Crippen LogP contribution >= 0.6 is 0 Å². The lowest BCUT2D eigenvalue weighted by Gasteiger charge is -1.98. The minimum absolute atomic E-state index is 0.0116. The third-order valence-electron chi connectivity index (χ3n) is 0.929. The van der Waals surface area contributed by atoms with Crippen molar-refractivity contribution in [2.24, 2.45) is 5.73 Å². The summed E-state index contributed by atoms with van der Waals surface area (Å²) in [5.74, 6) is -0.0116. The average Bonchev–Trinajstić information content (AvgIpc) is 2.05. The highest BCUT2D eigenvalue weighted by Crippen LogP contribution is 2.03. The van der Waals surface area contributed by atoms with Gasteiger partial charge in [-0.2, -0.15) is 0 Å². The van der Waals surface area contributed by atoms with Crippen molar-refractivity contribution in [2.45, 2.75) is 6.92 Å². The summed E-state index contributed by atoms with van der Waals surface area (Å²) in [4.78, 5) is 0. The predicted molar refractivity (Wildman–Crippen MR) is 50.1 cm³/mol. The van der Waals surface area contributed by atoms with Gasteiger partial charge in [-0.3, -0.25) is 0 Å². The fourth-order valence-corrected chi connectivity index (χ4v) is 0.329. The highest BCUT2D eigenvalue weighted by Gasteiger charge is 1.94. The summed E-state index contributed by atoms with van der Waals surface area (Å²) in [5, 5.41) is 8.87. The van der Waals surface area contributed by atoms with Gasteiger partial charge in [0.1, 0.15) is 5.76 Å². The molecule has 0 spiro atoms. The van der Waals surface area contributed by atoms with Crippen LogP contribution in [-0.2, 0) is 0 Å². The Hall–Kier alpha value is -1.44.